The van der Waals surface area contributed by atoms with Crippen molar-refractivity contribution in [3.05, 3.63) is 11.6 Å². The van der Waals surface area contributed by atoms with Gasteiger partial charge in [0.25, 0.3) is 0 Å². The Bertz CT molecular complexity index is 158. The van der Waals surface area contributed by atoms with E-state index in [1.54, 1.807) is 0 Å². The van der Waals surface area contributed by atoms with Gasteiger partial charge in [-0.25, -0.2) is 0 Å². The zero-order valence-electron chi connectivity index (χ0n) is 7.67. The number of aliphatic hydroxyl groups is 1. The fraction of sp³-hybridized carbons (Fsp3) is 0.800. The molecule has 64 valence electrons. The highest BCUT2D eigenvalue weighted by Gasteiger charge is 2.24. The van der Waals surface area contributed by atoms with Gasteiger partial charge in [-0.05, 0) is 31.6 Å². The highest BCUT2D eigenvalue weighted by Crippen LogP contribution is 2.29. The quantitative estimate of drug-likeness (QED) is 0.575. The highest BCUT2D eigenvalue weighted by atomic mass is 16.3. The molecule has 0 bridgehead atoms. The lowest BCUT2D eigenvalue weighted by atomic mass is 9.80. The van der Waals surface area contributed by atoms with E-state index in [1.165, 1.54) is 5.57 Å². The maximum Gasteiger partial charge on any atom is 0.0610 e. The Balaban J connectivity index is 2.58. The van der Waals surface area contributed by atoms with E-state index in [1.807, 2.05) is 0 Å². The molecule has 0 radical (unpaired) electrons. The summed E-state index contributed by atoms with van der Waals surface area (Å²) in [4.78, 5) is 0. The first-order valence-electron chi connectivity index (χ1n) is 4.45. The predicted octanol–water partition coefficient (Wildman–Crippen LogP) is 2.36. The van der Waals surface area contributed by atoms with Crippen molar-refractivity contribution in [3.8, 4) is 0 Å². The molecule has 0 spiro atoms. The van der Waals surface area contributed by atoms with Crippen LogP contribution in [0.25, 0.3) is 0 Å². The van der Waals surface area contributed by atoms with Crippen LogP contribution in [0.4, 0.5) is 0 Å². The lowest BCUT2D eigenvalue weighted by Crippen LogP contribution is -2.27. The van der Waals surface area contributed by atoms with Crippen molar-refractivity contribution in [2.45, 2.75) is 39.7 Å². The average Bonchev–Trinajstić information content (AvgIpc) is 1.85. The van der Waals surface area contributed by atoms with Gasteiger partial charge in [-0.3, -0.25) is 0 Å². The number of rotatable bonds is 1. The molecule has 1 N–H and O–H groups in total. The maximum atomic E-state index is 9.67. The summed E-state index contributed by atoms with van der Waals surface area (Å²) in [6.45, 7) is 6.46. The molecule has 1 nitrogen and oxygen atoms in total. The van der Waals surface area contributed by atoms with Gasteiger partial charge in [0.05, 0.1) is 6.10 Å². The van der Waals surface area contributed by atoms with E-state index in [0.717, 1.165) is 12.8 Å². The molecular weight excluding hydrogens is 136 g/mol. The van der Waals surface area contributed by atoms with E-state index in [4.69, 9.17) is 0 Å². The second-order valence-electron chi connectivity index (χ2n) is 3.97. The molecule has 1 aliphatic carbocycles. The van der Waals surface area contributed by atoms with Crippen LogP contribution in [0.5, 0.6) is 0 Å². The SMILES string of the molecule is CC1=CC[C@H](C(C)C)[C@@H](O)C1. The summed E-state index contributed by atoms with van der Waals surface area (Å²) in [6, 6.07) is 0. The highest BCUT2D eigenvalue weighted by molar-refractivity contribution is 5.06. The molecule has 0 aromatic rings. The van der Waals surface area contributed by atoms with Crippen LogP contribution in [0.3, 0.4) is 0 Å². The third-order valence-corrected chi connectivity index (χ3v) is 2.62. The van der Waals surface area contributed by atoms with Gasteiger partial charge in [-0.1, -0.05) is 25.5 Å². The van der Waals surface area contributed by atoms with Crippen LogP contribution >= 0.6 is 0 Å². The van der Waals surface area contributed by atoms with Gasteiger partial charge in [0.1, 0.15) is 0 Å². The minimum Gasteiger partial charge on any atom is -0.392 e. The normalized spacial score (nSPS) is 32.3. The predicted molar refractivity (Wildman–Crippen MR) is 47.3 cm³/mol. The lowest BCUT2D eigenvalue weighted by molar-refractivity contribution is 0.0768. The molecule has 0 fully saturated rings. The lowest BCUT2D eigenvalue weighted by Gasteiger charge is -2.29. The van der Waals surface area contributed by atoms with Crippen LogP contribution in [0.1, 0.15) is 33.6 Å². The summed E-state index contributed by atoms with van der Waals surface area (Å²) in [5.74, 6) is 1.09. The van der Waals surface area contributed by atoms with Gasteiger partial charge in [0, 0.05) is 0 Å². The number of hydrogen-bond donors (Lipinski definition) is 1. The molecule has 0 aromatic carbocycles. The average molecular weight is 154 g/mol. The summed E-state index contributed by atoms with van der Waals surface area (Å²) in [6.07, 6.45) is 4.10. The van der Waals surface area contributed by atoms with Crippen molar-refractivity contribution in [2.75, 3.05) is 0 Å². The third-order valence-electron chi connectivity index (χ3n) is 2.62. The Hall–Kier alpha value is -0.300. The molecule has 1 heteroatoms. The summed E-state index contributed by atoms with van der Waals surface area (Å²) in [7, 11) is 0. The van der Waals surface area contributed by atoms with Gasteiger partial charge in [-0.2, -0.15) is 0 Å². The molecule has 11 heavy (non-hydrogen) atoms. The van der Waals surface area contributed by atoms with Crippen LogP contribution in [0, 0.1) is 11.8 Å². The van der Waals surface area contributed by atoms with Crippen LogP contribution < -0.4 is 0 Å². The van der Waals surface area contributed by atoms with Crippen LogP contribution in [0.15, 0.2) is 11.6 Å². The second kappa shape index (κ2) is 3.40. The van der Waals surface area contributed by atoms with E-state index in [0.29, 0.717) is 11.8 Å². The Labute approximate surface area is 69.1 Å². The largest absolute Gasteiger partial charge is 0.392 e. The van der Waals surface area contributed by atoms with E-state index >= 15 is 0 Å². The van der Waals surface area contributed by atoms with Crippen LogP contribution in [0.2, 0.25) is 0 Å². The zero-order valence-corrected chi connectivity index (χ0v) is 7.67. The Morgan fingerprint density at radius 3 is 2.64 bits per heavy atom. The molecule has 1 rings (SSSR count). The van der Waals surface area contributed by atoms with Crippen molar-refractivity contribution in [2.24, 2.45) is 11.8 Å². The monoisotopic (exact) mass is 154 g/mol. The second-order valence-corrected chi connectivity index (χ2v) is 3.97. The van der Waals surface area contributed by atoms with Crippen molar-refractivity contribution in [3.63, 3.8) is 0 Å². The van der Waals surface area contributed by atoms with Crippen molar-refractivity contribution in [1.29, 1.82) is 0 Å². The fourth-order valence-corrected chi connectivity index (χ4v) is 1.78. The Morgan fingerprint density at radius 2 is 2.18 bits per heavy atom. The minimum absolute atomic E-state index is 0.0972. The molecule has 1 aliphatic rings. The first-order chi connectivity index (χ1) is 5.11. The molecule has 0 saturated heterocycles. The molecule has 0 saturated carbocycles. The number of allylic oxidation sites excluding steroid dienone is 1. The van der Waals surface area contributed by atoms with Crippen molar-refractivity contribution < 1.29 is 5.11 Å². The molecule has 0 aliphatic heterocycles. The molecule has 0 amide bonds. The van der Waals surface area contributed by atoms with Crippen LogP contribution in [-0.4, -0.2) is 11.2 Å². The van der Waals surface area contributed by atoms with E-state index < -0.39 is 0 Å². The number of aliphatic hydroxyl groups excluding tert-OH is 1. The molecule has 0 aromatic heterocycles. The van der Waals surface area contributed by atoms with Gasteiger partial charge in [0.2, 0.25) is 0 Å². The summed E-state index contributed by atoms with van der Waals surface area (Å²) in [5.41, 5.74) is 1.34. The topological polar surface area (TPSA) is 20.2 Å². The van der Waals surface area contributed by atoms with E-state index in [2.05, 4.69) is 26.8 Å². The third kappa shape index (κ3) is 2.06. The molecular formula is C10H18O. The van der Waals surface area contributed by atoms with Gasteiger partial charge >= 0.3 is 0 Å². The fourth-order valence-electron chi connectivity index (χ4n) is 1.78. The zero-order chi connectivity index (χ0) is 8.43. The summed E-state index contributed by atoms with van der Waals surface area (Å²) < 4.78 is 0. The molecule has 0 heterocycles. The summed E-state index contributed by atoms with van der Waals surface area (Å²) in [5, 5.41) is 9.67. The first-order valence-corrected chi connectivity index (χ1v) is 4.45. The van der Waals surface area contributed by atoms with Gasteiger partial charge < -0.3 is 5.11 Å². The molecule has 2 atom stereocenters. The summed E-state index contributed by atoms with van der Waals surface area (Å²) >= 11 is 0. The smallest absolute Gasteiger partial charge is 0.0610 e. The van der Waals surface area contributed by atoms with E-state index in [9.17, 15) is 5.11 Å². The van der Waals surface area contributed by atoms with Crippen molar-refractivity contribution in [1.82, 2.24) is 0 Å². The Kier molecular flexibility index (Phi) is 2.72. The minimum atomic E-state index is -0.0972. The van der Waals surface area contributed by atoms with E-state index in [-0.39, 0.29) is 6.10 Å². The number of hydrogen-bond acceptors (Lipinski definition) is 1. The Morgan fingerprint density at radius 1 is 1.55 bits per heavy atom. The van der Waals surface area contributed by atoms with Gasteiger partial charge in [-0.15, -0.1) is 0 Å². The van der Waals surface area contributed by atoms with Gasteiger partial charge in [0.15, 0.2) is 0 Å². The molecule has 0 unspecified atom stereocenters. The van der Waals surface area contributed by atoms with Crippen LogP contribution in [-0.2, 0) is 0 Å². The standard InChI is InChI=1S/C10H18O/c1-7(2)9-5-4-8(3)6-10(9)11/h4,7,9-11H,5-6H2,1-3H3/t9-,10+/m1/s1. The maximum absolute atomic E-state index is 9.67. The van der Waals surface area contributed by atoms with Crippen molar-refractivity contribution >= 4 is 0 Å². The first kappa shape index (κ1) is 8.79.